The highest BCUT2D eigenvalue weighted by Crippen LogP contribution is 2.20. The first-order chi connectivity index (χ1) is 7.42. The second-order valence-electron chi connectivity index (χ2n) is 3.62. The molecule has 0 aromatic rings. The van der Waals surface area contributed by atoms with Crippen molar-refractivity contribution in [3.05, 3.63) is 0 Å². The molecule has 1 aliphatic rings. The molecule has 0 saturated carbocycles. The first-order valence-corrected chi connectivity index (χ1v) is 4.63. The molecule has 8 heteroatoms. The summed E-state index contributed by atoms with van der Waals surface area (Å²) in [7, 11) is 0. The van der Waals surface area contributed by atoms with E-state index in [1.165, 1.54) is 6.92 Å². The van der Waals surface area contributed by atoms with Crippen molar-refractivity contribution in [3.63, 3.8) is 0 Å². The molecule has 16 heavy (non-hydrogen) atoms. The standard InChI is InChI=1S/C8H13N3O5/c1-4(2-12)8(3-9-7(15)16)5(13)10-6(14)11-8/h4,9,12H,2-3H2,1H3,(H,15,16)(H2,10,11,13,14). The minimum Gasteiger partial charge on any atom is -0.465 e. The Morgan fingerprint density at radius 1 is 1.56 bits per heavy atom. The number of carboxylic acid groups (broad SMARTS) is 1. The fourth-order valence-electron chi connectivity index (χ4n) is 1.52. The van der Waals surface area contributed by atoms with Crippen LogP contribution in [0.25, 0.3) is 0 Å². The maximum Gasteiger partial charge on any atom is 0.404 e. The Balaban J connectivity index is 2.89. The third-order valence-electron chi connectivity index (χ3n) is 2.60. The number of rotatable bonds is 4. The molecule has 0 aliphatic carbocycles. The van der Waals surface area contributed by atoms with Crippen LogP contribution in [-0.4, -0.2) is 46.9 Å². The van der Waals surface area contributed by atoms with Crippen molar-refractivity contribution >= 4 is 18.0 Å². The zero-order valence-electron chi connectivity index (χ0n) is 8.61. The summed E-state index contributed by atoms with van der Waals surface area (Å²) in [4.78, 5) is 33.0. The SMILES string of the molecule is CC(CO)C1(CNC(=O)O)NC(=O)NC1=O. The number of imide groups is 1. The molecule has 1 rings (SSSR count). The summed E-state index contributed by atoms with van der Waals surface area (Å²) in [5, 5.41) is 23.9. The molecule has 2 atom stereocenters. The van der Waals surface area contributed by atoms with Crippen molar-refractivity contribution in [1.82, 2.24) is 16.0 Å². The number of nitrogens with one attached hydrogen (secondary N) is 3. The van der Waals surface area contributed by atoms with E-state index in [0.29, 0.717) is 0 Å². The Morgan fingerprint density at radius 2 is 2.19 bits per heavy atom. The van der Waals surface area contributed by atoms with E-state index in [2.05, 4.69) is 5.32 Å². The number of hydrogen-bond acceptors (Lipinski definition) is 4. The van der Waals surface area contributed by atoms with Gasteiger partial charge in [0, 0.05) is 12.5 Å². The van der Waals surface area contributed by atoms with Crippen molar-refractivity contribution in [2.24, 2.45) is 5.92 Å². The van der Waals surface area contributed by atoms with E-state index in [-0.39, 0.29) is 13.2 Å². The fourth-order valence-corrected chi connectivity index (χ4v) is 1.52. The summed E-state index contributed by atoms with van der Waals surface area (Å²) in [5.74, 6) is -1.25. The van der Waals surface area contributed by atoms with Gasteiger partial charge in [-0.25, -0.2) is 9.59 Å². The van der Waals surface area contributed by atoms with Gasteiger partial charge in [-0.3, -0.25) is 10.1 Å². The van der Waals surface area contributed by atoms with Gasteiger partial charge >= 0.3 is 12.1 Å². The highest BCUT2D eigenvalue weighted by atomic mass is 16.4. The number of hydrogen-bond donors (Lipinski definition) is 5. The number of urea groups is 1. The second kappa shape index (κ2) is 4.35. The molecule has 0 aromatic carbocycles. The number of aliphatic hydroxyl groups is 1. The third-order valence-corrected chi connectivity index (χ3v) is 2.60. The second-order valence-corrected chi connectivity index (χ2v) is 3.62. The lowest BCUT2D eigenvalue weighted by Gasteiger charge is -2.30. The van der Waals surface area contributed by atoms with Crippen molar-refractivity contribution in [3.8, 4) is 0 Å². The number of carbonyl (C=O) groups excluding carboxylic acids is 2. The molecule has 90 valence electrons. The van der Waals surface area contributed by atoms with Gasteiger partial charge in [-0.05, 0) is 0 Å². The average molecular weight is 231 g/mol. The lowest BCUT2D eigenvalue weighted by molar-refractivity contribution is -0.126. The third kappa shape index (κ3) is 2.06. The summed E-state index contributed by atoms with van der Waals surface area (Å²) in [5.41, 5.74) is -1.43. The quantitative estimate of drug-likeness (QED) is 0.375. The smallest absolute Gasteiger partial charge is 0.404 e. The lowest BCUT2D eigenvalue weighted by Crippen LogP contribution is -2.60. The molecule has 8 nitrogen and oxygen atoms in total. The Morgan fingerprint density at radius 3 is 2.56 bits per heavy atom. The summed E-state index contributed by atoms with van der Waals surface area (Å²) < 4.78 is 0. The summed E-state index contributed by atoms with van der Waals surface area (Å²) in [6.45, 7) is 0.894. The van der Waals surface area contributed by atoms with Gasteiger partial charge in [-0.15, -0.1) is 0 Å². The van der Waals surface area contributed by atoms with E-state index in [9.17, 15) is 14.4 Å². The minimum atomic E-state index is -1.43. The zero-order chi connectivity index (χ0) is 12.3. The molecule has 5 N–H and O–H groups in total. The molecule has 1 aliphatic heterocycles. The number of carbonyl (C=O) groups is 3. The average Bonchev–Trinajstić information content (AvgIpc) is 2.50. The molecular weight excluding hydrogens is 218 g/mol. The Labute approximate surface area is 91.0 Å². The monoisotopic (exact) mass is 231 g/mol. The van der Waals surface area contributed by atoms with Crippen LogP contribution in [0.1, 0.15) is 6.92 Å². The largest absolute Gasteiger partial charge is 0.465 e. The van der Waals surface area contributed by atoms with Crippen molar-refractivity contribution < 1.29 is 24.6 Å². The van der Waals surface area contributed by atoms with Gasteiger partial charge in [0.15, 0.2) is 0 Å². The van der Waals surface area contributed by atoms with E-state index in [0.717, 1.165) is 0 Å². The maximum atomic E-state index is 11.6. The van der Waals surface area contributed by atoms with Gasteiger partial charge in [0.25, 0.3) is 5.91 Å². The van der Waals surface area contributed by atoms with Crippen LogP contribution in [0, 0.1) is 5.92 Å². The molecule has 1 saturated heterocycles. The predicted molar refractivity (Wildman–Crippen MR) is 51.7 cm³/mol. The van der Waals surface area contributed by atoms with E-state index in [1.54, 1.807) is 0 Å². The number of amides is 4. The molecule has 0 aromatic heterocycles. The van der Waals surface area contributed by atoms with Crippen LogP contribution >= 0.6 is 0 Å². The van der Waals surface area contributed by atoms with Crippen LogP contribution < -0.4 is 16.0 Å². The molecule has 4 amide bonds. The Kier molecular flexibility index (Phi) is 3.33. The van der Waals surface area contributed by atoms with Crippen LogP contribution in [0.2, 0.25) is 0 Å². The molecule has 2 unspecified atom stereocenters. The highest BCUT2D eigenvalue weighted by Gasteiger charge is 2.50. The Bertz CT molecular complexity index is 332. The number of aliphatic hydroxyl groups excluding tert-OH is 1. The Hall–Kier alpha value is -1.83. The van der Waals surface area contributed by atoms with E-state index < -0.39 is 29.5 Å². The van der Waals surface area contributed by atoms with E-state index in [4.69, 9.17) is 10.2 Å². The van der Waals surface area contributed by atoms with E-state index in [1.807, 2.05) is 10.6 Å². The van der Waals surface area contributed by atoms with Gasteiger partial charge in [0.2, 0.25) is 0 Å². The highest BCUT2D eigenvalue weighted by molar-refractivity contribution is 6.07. The van der Waals surface area contributed by atoms with Crippen LogP contribution in [0.5, 0.6) is 0 Å². The van der Waals surface area contributed by atoms with E-state index >= 15 is 0 Å². The van der Waals surface area contributed by atoms with Crippen molar-refractivity contribution in [2.75, 3.05) is 13.2 Å². The lowest BCUT2D eigenvalue weighted by atomic mass is 9.85. The van der Waals surface area contributed by atoms with Crippen molar-refractivity contribution in [1.29, 1.82) is 0 Å². The molecule has 1 heterocycles. The summed E-state index contributed by atoms with van der Waals surface area (Å²) in [6, 6.07) is -0.697. The van der Waals surface area contributed by atoms with Gasteiger partial charge in [0.05, 0.1) is 6.54 Å². The summed E-state index contributed by atoms with van der Waals surface area (Å²) in [6.07, 6.45) is -1.31. The van der Waals surface area contributed by atoms with Gasteiger partial charge < -0.3 is 20.8 Å². The van der Waals surface area contributed by atoms with Gasteiger partial charge in [0.1, 0.15) is 5.54 Å². The van der Waals surface area contributed by atoms with Crippen LogP contribution in [-0.2, 0) is 4.79 Å². The first kappa shape index (κ1) is 12.2. The maximum absolute atomic E-state index is 11.6. The normalized spacial score (nSPS) is 25.9. The summed E-state index contributed by atoms with van der Waals surface area (Å²) >= 11 is 0. The zero-order valence-corrected chi connectivity index (χ0v) is 8.61. The molecule has 0 spiro atoms. The topological polar surface area (TPSA) is 128 Å². The minimum absolute atomic E-state index is 0.290. The molecule has 1 fully saturated rings. The van der Waals surface area contributed by atoms with Crippen LogP contribution in [0.4, 0.5) is 9.59 Å². The van der Waals surface area contributed by atoms with Crippen LogP contribution in [0.3, 0.4) is 0 Å². The van der Waals surface area contributed by atoms with Crippen molar-refractivity contribution in [2.45, 2.75) is 12.5 Å². The van der Waals surface area contributed by atoms with Gasteiger partial charge in [-0.2, -0.15) is 0 Å². The fraction of sp³-hybridized carbons (Fsp3) is 0.625. The van der Waals surface area contributed by atoms with Crippen LogP contribution in [0.15, 0.2) is 0 Å². The van der Waals surface area contributed by atoms with Gasteiger partial charge in [-0.1, -0.05) is 6.92 Å². The first-order valence-electron chi connectivity index (χ1n) is 4.63. The predicted octanol–water partition coefficient (Wildman–Crippen LogP) is -1.54. The molecule has 0 radical (unpaired) electrons. The molecule has 0 bridgehead atoms. The molecular formula is C8H13N3O5.